The molecule has 8 aromatic carbocycles. The zero-order valence-electron chi connectivity index (χ0n) is 44.1. The van der Waals surface area contributed by atoms with E-state index < -0.39 is 0 Å². The summed E-state index contributed by atoms with van der Waals surface area (Å²) >= 11 is 1.98. The topological polar surface area (TPSA) is 15.3 Å². The zero-order chi connectivity index (χ0) is 49.9. The van der Waals surface area contributed by atoms with E-state index in [1.165, 1.54) is 146 Å². The number of nitrogens with one attached hydrogen (secondary N) is 1. The molecule has 0 saturated heterocycles. The second-order valence-corrected chi connectivity index (χ2v) is 26.1. The zero-order valence-corrected chi connectivity index (χ0v) is 44.9. The SMILES string of the molecule is Cc1cc2c(cc1N1c3cc4ccccc4c(-c4cc5c(cc4Nc4ccc(-c6ccccc6)cc4)C(C)(C)c4ccccc4-5)c3[B]c3sc4cc5c(cc4c31)C(C)(C)CCC5(C)C)C(C)(C)CCC2(C)C. The van der Waals surface area contributed by atoms with Crippen LogP contribution in [0.4, 0.5) is 28.4 Å². The van der Waals surface area contributed by atoms with Crippen LogP contribution in [-0.2, 0) is 27.1 Å². The summed E-state index contributed by atoms with van der Waals surface area (Å²) in [4.78, 5) is 2.72. The molecule has 0 unspecified atom stereocenters. The third-order valence-corrected chi connectivity index (χ3v) is 19.2. The first-order valence-electron chi connectivity index (χ1n) is 26.5. The summed E-state index contributed by atoms with van der Waals surface area (Å²) in [6.45, 7) is 26.9. The number of hydrogen-bond donors (Lipinski definition) is 1. The molecule has 9 aromatic rings. The highest BCUT2D eigenvalue weighted by molar-refractivity contribution is 7.29. The van der Waals surface area contributed by atoms with Crippen LogP contribution in [0.3, 0.4) is 0 Å². The van der Waals surface area contributed by atoms with E-state index in [1.807, 2.05) is 11.3 Å². The van der Waals surface area contributed by atoms with E-state index in [-0.39, 0.29) is 27.1 Å². The maximum Gasteiger partial charge on any atom is 0.211 e. The molecule has 13 rings (SSSR count). The quantitative estimate of drug-likeness (QED) is 0.173. The second-order valence-electron chi connectivity index (χ2n) is 25.0. The highest BCUT2D eigenvalue weighted by Crippen LogP contribution is 2.56. The number of anilines is 5. The van der Waals surface area contributed by atoms with Crippen LogP contribution in [0.25, 0.3) is 54.2 Å². The van der Waals surface area contributed by atoms with E-state index in [0.29, 0.717) is 0 Å². The minimum atomic E-state index is -0.167. The Kier molecular flexibility index (Phi) is 9.85. The number of fused-ring (bicyclic) bond motifs is 10. The molecule has 4 aliphatic rings. The van der Waals surface area contributed by atoms with Gasteiger partial charge in [-0.25, -0.2) is 0 Å². The van der Waals surface area contributed by atoms with Crippen molar-refractivity contribution in [2.24, 2.45) is 0 Å². The van der Waals surface area contributed by atoms with Crippen molar-refractivity contribution in [1.29, 1.82) is 0 Å². The number of hydrogen-bond acceptors (Lipinski definition) is 3. The van der Waals surface area contributed by atoms with Crippen LogP contribution in [0.2, 0.25) is 0 Å². The van der Waals surface area contributed by atoms with Gasteiger partial charge in [0, 0.05) is 43.8 Å². The maximum atomic E-state index is 4.08. The van der Waals surface area contributed by atoms with Crippen LogP contribution in [0, 0.1) is 6.92 Å². The molecule has 0 bridgehead atoms. The van der Waals surface area contributed by atoms with Crippen molar-refractivity contribution in [3.8, 4) is 33.4 Å². The summed E-state index contributed by atoms with van der Waals surface area (Å²) in [5.74, 6) is 0. The minimum Gasteiger partial charge on any atom is -0.355 e. The van der Waals surface area contributed by atoms with Gasteiger partial charge in [0.15, 0.2) is 0 Å². The number of aryl methyl sites for hydroxylation is 1. The maximum absolute atomic E-state index is 4.08. The average Bonchev–Trinajstić information content (AvgIpc) is 3.83. The molecule has 0 saturated carbocycles. The Morgan fingerprint density at radius 1 is 0.486 bits per heavy atom. The predicted molar refractivity (Wildman–Crippen MR) is 313 cm³/mol. The molecule has 2 nitrogen and oxygen atoms in total. The molecule has 1 radical (unpaired) electrons. The molecule has 0 amide bonds. The lowest BCUT2D eigenvalue weighted by molar-refractivity contribution is 0.332. The van der Waals surface area contributed by atoms with Crippen LogP contribution >= 0.6 is 11.3 Å². The normalized spacial score (nSPS) is 18.1. The molecule has 0 fully saturated rings. The van der Waals surface area contributed by atoms with Crippen LogP contribution in [0.5, 0.6) is 0 Å². The van der Waals surface area contributed by atoms with Crippen LogP contribution < -0.4 is 20.5 Å². The van der Waals surface area contributed by atoms with E-state index in [4.69, 9.17) is 0 Å². The van der Waals surface area contributed by atoms with Gasteiger partial charge in [-0.05, 0) is 191 Å². The largest absolute Gasteiger partial charge is 0.355 e. The monoisotopic (exact) mass is 954 g/mol. The number of rotatable bonds is 5. The Morgan fingerprint density at radius 2 is 1.08 bits per heavy atom. The van der Waals surface area contributed by atoms with Crippen molar-refractivity contribution in [2.45, 2.75) is 129 Å². The Bertz CT molecular complexity index is 3730. The second kappa shape index (κ2) is 15.6. The van der Waals surface area contributed by atoms with Gasteiger partial charge in [-0.3, -0.25) is 0 Å². The van der Waals surface area contributed by atoms with Gasteiger partial charge in [-0.15, -0.1) is 11.3 Å². The summed E-state index contributed by atoms with van der Waals surface area (Å²) in [7, 11) is 2.58. The molecule has 1 aliphatic heterocycles. The fourth-order valence-electron chi connectivity index (χ4n) is 13.5. The fourth-order valence-corrected chi connectivity index (χ4v) is 14.7. The minimum absolute atomic E-state index is 0.0508. The van der Waals surface area contributed by atoms with Crippen molar-refractivity contribution >= 4 is 78.2 Å². The van der Waals surface area contributed by atoms with Crippen LogP contribution in [0.1, 0.15) is 134 Å². The predicted octanol–water partition coefficient (Wildman–Crippen LogP) is 17.9. The molecule has 2 heterocycles. The van der Waals surface area contributed by atoms with Gasteiger partial charge in [-0.2, -0.15) is 0 Å². The van der Waals surface area contributed by atoms with E-state index in [1.54, 1.807) is 0 Å². The first kappa shape index (κ1) is 45.5. The molecule has 0 spiro atoms. The summed E-state index contributed by atoms with van der Waals surface area (Å²) in [6, 6.07) is 55.9. The van der Waals surface area contributed by atoms with E-state index in [0.717, 1.165) is 11.4 Å². The Labute approximate surface area is 432 Å². The molecule has 4 heteroatoms. The van der Waals surface area contributed by atoms with Crippen molar-refractivity contribution in [3.63, 3.8) is 0 Å². The first-order valence-corrected chi connectivity index (χ1v) is 27.3. The standard InChI is InChI=1S/C68H66BN2S/c1-40-33-52-54(66(6,7)31-29-64(52,2)3)38-57(40)71-58-34-43-21-15-16-22-45(43)60(61(58)69-63-62(71)49-36-53-55(39-59(49)72-63)67(8,9)32-30-65(53,4)5)48-35-47-46-23-17-18-24-50(46)68(10,11)51(47)37-56(48)70-44-27-25-42(26-28-44)41-19-13-12-14-20-41/h12-28,33-39,70H,29-32H2,1-11H3. The number of nitrogens with zero attached hydrogens (tertiary/aromatic N) is 1. The summed E-state index contributed by atoms with van der Waals surface area (Å²) < 4.78 is 2.70. The van der Waals surface area contributed by atoms with Gasteiger partial charge in [0.25, 0.3) is 0 Å². The van der Waals surface area contributed by atoms with Crippen molar-refractivity contribution in [2.75, 3.05) is 10.2 Å². The first-order chi connectivity index (χ1) is 34.3. The molecule has 1 N–H and O–H groups in total. The van der Waals surface area contributed by atoms with Crippen LogP contribution in [0.15, 0.2) is 146 Å². The summed E-state index contributed by atoms with van der Waals surface area (Å²) in [6.07, 6.45) is 4.74. The summed E-state index contributed by atoms with van der Waals surface area (Å²) in [5.41, 5.74) is 25.1. The van der Waals surface area contributed by atoms with Gasteiger partial charge in [0.05, 0.1) is 5.69 Å². The Hall–Kier alpha value is -6.36. The highest BCUT2D eigenvalue weighted by Gasteiger charge is 2.43. The third-order valence-electron chi connectivity index (χ3n) is 18.1. The van der Waals surface area contributed by atoms with Crippen molar-refractivity contribution < 1.29 is 0 Å². The Morgan fingerprint density at radius 3 is 1.79 bits per heavy atom. The third kappa shape index (κ3) is 6.80. The van der Waals surface area contributed by atoms with Gasteiger partial charge in [-0.1, -0.05) is 166 Å². The smallest absolute Gasteiger partial charge is 0.211 e. The molecule has 1 aromatic heterocycles. The lowest BCUT2D eigenvalue weighted by atomic mass is 9.60. The molecular formula is C68H66BN2S. The molecule has 72 heavy (non-hydrogen) atoms. The van der Waals surface area contributed by atoms with E-state index in [9.17, 15) is 0 Å². The number of thiophene rings is 1. The van der Waals surface area contributed by atoms with Gasteiger partial charge < -0.3 is 10.2 Å². The van der Waals surface area contributed by atoms with Crippen LogP contribution in [-0.4, -0.2) is 7.28 Å². The van der Waals surface area contributed by atoms with E-state index in [2.05, 4.69) is 239 Å². The van der Waals surface area contributed by atoms with Crippen molar-refractivity contribution in [1.82, 2.24) is 0 Å². The lowest BCUT2D eigenvalue weighted by Crippen LogP contribution is -2.40. The van der Waals surface area contributed by atoms with Gasteiger partial charge in [0.1, 0.15) is 0 Å². The van der Waals surface area contributed by atoms with Gasteiger partial charge >= 0.3 is 0 Å². The lowest BCUT2D eigenvalue weighted by Gasteiger charge is -2.44. The molecule has 3 aliphatic carbocycles. The average molecular weight is 954 g/mol. The Balaban J connectivity index is 1.11. The van der Waals surface area contributed by atoms with Crippen molar-refractivity contribution in [3.05, 3.63) is 185 Å². The van der Waals surface area contributed by atoms with E-state index >= 15 is 0 Å². The fraction of sp³-hybridized carbons (Fsp3) is 0.294. The number of benzene rings is 8. The molecule has 0 atom stereocenters. The highest BCUT2D eigenvalue weighted by atomic mass is 32.1. The summed E-state index contributed by atoms with van der Waals surface area (Å²) in [5, 5.41) is 7.95. The van der Waals surface area contributed by atoms with Gasteiger partial charge in [0.2, 0.25) is 7.28 Å². The molecular weight excluding hydrogens is 888 g/mol. The molecule has 357 valence electrons.